The van der Waals surface area contributed by atoms with Gasteiger partial charge in [0.1, 0.15) is 6.10 Å². The fraction of sp³-hybridized carbons (Fsp3) is 0.690. The molecule has 0 spiro atoms. The van der Waals surface area contributed by atoms with Gasteiger partial charge < -0.3 is 29.2 Å². The molecule has 7 nitrogen and oxygen atoms in total. The van der Waals surface area contributed by atoms with Gasteiger partial charge >= 0.3 is 5.97 Å². The number of aliphatic hydroxyl groups is 2. The molecule has 1 heterocycles. The molecule has 0 fully saturated rings. The Morgan fingerprint density at radius 2 is 1.94 bits per heavy atom. The second-order valence-corrected chi connectivity index (χ2v) is 10.6. The number of hydrogen-bond donors (Lipinski definition) is 2. The highest BCUT2D eigenvalue weighted by Crippen LogP contribution is 2.34. The third-order valence-electron chi connectivity index (χ3n) is 7.60. The van der Waals surface area contributed by atoms with Crippen molar-refractivity contribution in [3.63, 3.8) is 0 Å². The Morgan fingerprint density at radius 1 is 1.22 bits per heavy atom. The van der Waals surface area contributed by atoms with E-state index in [4.69, 9.17) is 18.9 Å². The van der Waals surface area contributed by atoms with Gasteiger partial charge in [-0.3, -0.25) is 0 Å². The summed E-state index contributed by atoms with van der Waals surface area (Å²) in [6.07, 6.45) is 1.53. The summed E-state index contributed by atoms with van der Waals surface area (Å²) in [4.78, 5) is 13.4. The zero-order valence-electron chi connectivity index (χ0n) is 23.0. The van der Waals surface area contributed by atoms with Gasteiger partial charge in [0.2, 0.25) is 0 Å². The maximum atomic E-state index is 13.4. The third kappa shape index (κ3) is 7.86. The van der Waals surface area contributed by atoms with E-state index in [2.05, 4.69) is 6.07 Å². The molecule has 0 saturated carbocycles. The van der Waals surface area contributed by atoms with E-state index in [1.165, 1.54) is 7.11 Å². The van der Waals surface area contributed by atoms with E-state index in [9.17, 15) is 15.0 Å². The number of methoxy groups -OCH3 is 3. The Morgan fingerprint density at radius 3 is 2.53 bits per heavy atom. The van der Waals surface area contributed by atoms with Crippen LogP contribution in [-0.2, 0) is 35.6 Å². The smallest absolute Gasteiger partial charge is 0.338 e. The lowest BCUT2D eigenvalue weighted by Crippen LogP contribution is -2.42. The molecule has 204 valence electrons. The SMILES string of the molecule is CCC(/C=C(/C)[C@@H]1C[C@@H](COC)C[C@H](O)C(C)(C)c2cccc(c2)C[C@@H](OC)[C@H](OC)C(=O)O1)CO. The van der Waals surface area contributed by atoms with E-state index < -0.39 is 35.8 Å². The maximum absolute atomic E-state index is 13.4. The van der Waals surface area contributed by atoms with Gasteiger partial charge in [0.25, 0.3) is 0 Å². The zero-order valence-corrected chi connectivity index (χ0v) is 23.0. The lowest BCUT2D eigenvalue weighted by atomic mass is 9.75. The molecule has 0 amide bonds. The van der Waals surface area contributed by atoms with Crippen LogP contribution in [-0.4, -0.2) is 75.1 Å². The zero-order chi connectivity index (χ0) is 26.9. The van der Waals surface area contributed by atoms with E-state index in [-0.39, 0.29) is 18.4 Å². The van der Waals surface area contributed by atoms with Crippen molar-refractivity contribution in [2.45, 2.75) is 83.2 Å². The largest absolute Gasteiger partial charge is 0.456 e. The second kappa shape index (κ2) is 14.2. The lowest BCUT2D eigenvalue weighted by Gasteiger charge is -2.35. The normalized spacial score (nSPS) is 28.8. The summed E-state index contributed by atoms with van der Waals surface area (Å²) in [5, 5.41) is 21.1. The highest BCUT2D eigenvalue weighted by Gasteiger charge is 2.37. The van der Waals surface area contributed by atoms with Gasteiger partial charge in [-0.05, 0) is 48.8 Å². The first kappa shape index (κ1) is 30.5. The molecule has 36 heavy (non-hydrogen) atoms. The fourth-order valence-electron chi connectivity index (χ4n) is 4.93. The minimum atomic E-state index is -0.906. The van der Waals surface area contributed by atoms with E-state index in [1.807, 2.05) is 52.0 Å². The van der Waals surface area contributed by atoms with Gasteiger partial charge in [-0.2, -0.15) is 0 Å². The number of benzene rings is 1. The minimum absolute atomic E-state index is 0.0209. The van der Waals surface area contributed by atoms with Crippen molar-refractivity contribution in [3.8, 4) is 0 Å². The van der Waals surface area contributed by atoms with Gasteiger partial charge in [-0.1, -0.05) is 51.1 Å². The molecule has 0 saturated heterocycles. The summed E-state index contributed by atoms with van der Waals surface area (Å²) in [6, 6.07) is 8.06. The second-order valence-electron chi connectivity index (χ2n) is 10.6. The molecule has 1 aromatic carbocycles. The van der Waals surface area contributed by atoms with Crippen LogP contribution in [0.25, 0.3) is 0 Å². The molecule has 1 aliphatic rings. The average Bonchev–Trinajstić information content (AvgIpc) is 2.86. The van der Waals surface area contributed by atoms with Crippen molar-refractivity contribution in [2.24, 2.45) is 11.8 Å². The molecule has 0 aliphatic carbocycles. The van der Waals surface area contributed by atoms with Crippen LogP contribution < -0.4 is 0 Å². The monoisotopic (exact) mass is 506 g/mol. The predicted octanol–water partition coefficient (Wildman–Crippen LogP) is 3.83. The summed E-state index contributed by atoms with van der Waals surface area (Å²) in [5.41, 5.74) is 2.37. The first-order valence-corrected chi connectivity index (χ1v) is 12.9. The Bertz CT molecular complexity index is 846. The van der Waals surface area contributed by atoms with Gasteiger partial charge in [0.15, 0.2) is 6.10 Å². The molecule has 1 unspecified atom stereocenters. The van der Waals surface area contributed by atoms with Gasteiger partial charge in [0, 0.05) is 52.3 Å². The summed E-state index contributed by atoms with van der Waals surface area (Å²) in [5.74, 6) is -0.591. The molecule has 1 aromatic rings. The van der Waals surface area contributed by atoms with Crippen LogP contribution in [0.15, 0.2) is 35.9 Å². The van der Waals surface area contributed by atoms with Crippen LogP contribution in [0.4, 0.5) is 0 Å². The number of rotatable bonds is 8. The van der Waals surface area contributed by atoms with E-state index in [0.717, 1.165) is 23.1 Å². The standard InChI is InChI=1S/C29H46O7/c1-8-20(17-30)12-19(2)24-15-22(18-33-5)16-26(31)29(3,4)23-11-9-10-21(13-23)14-25(34-6)27(35-7)28(32)36-24/h9-13,20,22,24-27,30-31H,8,14-18H2,1-7H3/b19-12-/t20?,22-,24+,25-,26+,27+/m1/s1. The highest BCUT2D eigenvalue weighted by molar-refractivity contribution is 5.76. The number of hydrogen-bond acceptors (Lipinski definition) is 7. The summed E-state index contributed by atoms with van der Waals surface area (Å²) in [7, 11) is 4.69. The summed E-state index contributed by atoms with van der Waals surface area (Å²) >= 11 is 0. The highest BCUT2D eigenvalue weighted by atomic mass is 16.6. The van der Waals surface area contributed by atoms with Crippen molar-refractivity contribution in [1.82, 2.24) is 0 Å². The average molecular weight is 507 g/mol. The van der Waals surface area contributed by atoms with Crippen LogP contribution in [0.5, 0.6) is 0 Å². The van der Waals surface area contributed by atoms with Crippen LogP contribution >= 0.6 is 0 Å². The van der Waals surface area contributed by atoms with Gasteiger partial charge in [0.05, 0.1) is 12.2 Å². The quantitative estimate of drug-likeness (QED) is 0.409. The van der Waals surface area contributed by atoms with E-state index in [1.54, 1.807) is 14.2 Å². The molecular weight excluding hydrogens is 460 g/mol. The number of ether oxygens (including phenoxy) is 4. The summed E-state index contributed by atoms with van der Waals surface area (Å²) < 4.78 is 22.9. The molecule has 6 atom stereocenters. The van der Waals surface area contributed by atoms with Gasteiger partial charge in [-0.15, -0.1) is 0 Å². The van der Waals surface area contributed by atoms with Crippen molar-refractivity contribution in [2.75, 3.05) is 34.5 Å². The molecule has 0 aromatic heterocycles. The Balaban J connectivity index is 2.57. The first-order chi connectivity index (χ1) is 17.1. The molecule has 7 heteroatoms. The Hall–Kier alpha value is -1.77. The molecule has 2 bridgehead atoms. The van der Waals surface area contributed by atoms with E-state index >= 15 is 0 Å². The number of carbonyl (C=O) groups excluding carboxylic acids is 1. The molecule has 0 radical (unpaired) electrons. The Kier molecular flexibility index (Phi) is 12.0. The maximum Gasteiger partial charge on any atom is 0.338 e. The summed E-state index contributed by atoms with van der Waals surface area (Å²) in [6.45, 7) is 8.47. The number of cyclic esters (lactones) is 1. The van der Waals surface area contributed by atoms with Crippen molar-refractivity contribution >= 4 is 5.97 Å². The lowest BCUT2D eigenvalue weighted by molar-refractivity contribution is -0.168. The topological polar surface area (TPSA) is 94.5 Å². The molecule has 2 rings (SSSR count). The molecule has 1 aliphatic heterocycles. The number of carbonyl (C=O) groups is 1. The third-order valence-corrected chi connectivity index (χ3v) is 7.60. The molecular formula is C29H46O7. The van der Waals surface area contributed by atoms with Crippen LogP contribution in [0.2, 0.25) is 0 Å². The fourth-order valence-corrected chi connectivity index (χ4v) is 4.93. The van der Waals surface area contributed by atoms with Crippen molar-refractivity contribution < 1.29 is 34.0 Å². The van der Waals surface area contributed by atoms with Gasteiger partial charge in [-0.25, -0.2) is 4.79 Å². The number of aliphatic hydroxyl groups excluding tert-OH is 2. The van der Waals surface area contributed by atoms with Crippen molar-refractivity contribution in [3.05, 3.63) is 47.0 Å². The molecule has 2 N–H and O–H groups in total. The Labute approximate surface area is 216 Å². The first-order valence-electron chi connectivity index (χ1n) is 12.9. The number of fused-ring (bicyclic) bond motifs is 2. The van der Waals surface area contributed by atoms with Crippen LogP contribution in [0.3, 0.4) is 0 Å². The van der Waals surface area contributed by atoms with Crippen molar-refractivity contribution in [1.29, 1.82) is 0 Å². The van der Waals surface area contributed by atoms with Crippen LogP contribution in [0.1, 0.15) is 58.1 Å². The minimum Gasteiger partial charge on any atom is -0.456 e. The van der Waals surface area contributed by atoms with Crippen LogP contribution in [0, 0.1) is 11.8 Å². The predicted molar refractivity (Wildman–Crippen MR) is 140 cm³/mol. The van der Waals surface area contributed by atoms with E-state index in [0.29, 0.717) is 25.9 Å². The number of esters is 1.